The van der Waals surface area contributed by atoms with Crippen LogP contribution in [-0.2, 0) is 15.9 Å². The number of likely N-dealkylation sites (tertiary alicyclic amines) is 1. The van der Waals surface area contributed by atoms with Crippen molar-refractivity contribution in [1.82, 2.24) is 4.90 Å². The number of esters is 1. The van der Waals surface area contributed by atoms with E-state index < -0.39 is 0 Å². The molecule has 3 atom stereocenters. The number of carbonyl (C=O) groups is 1. The van der Waals surface area contributed by atoms with E-state index in [2.05, 4.69) is 11.0 Å². The smallest absolute Gasteiger partial charge is 0.338 e. The number of hydrogen-bond acceptors (Lipinski definition) is 6. The van der Waals surface area contributed by atoms with Crippen molar-refractivity contribution in [2.75, 3.05) is 33.9 Å². The molecule has 0 unspecified atom stereocenters. The molecule has 1 aliphatic carbocycles. The van der Waals surface area contributed by atoms with Gasteiger partial charge in [0, 0.05) is 19.1 Å². The summed E-state index contributed by atoms with van der Waals surface area (Å²) in [6.07, 6.45) is 6.55. The van der Waals surface area contributed by atoms with Crippen molar-refractivity contribution in [2.45, 2.75) is 56.8 Å². The van der Waals surface area contributed by atoms with Crippen LogP contribution in [0.15, 0.2) is 48.5 Å². The Morgan fingerprint density at radius 3 is 2.55 bits per heavy atom. The summed E-state index contributed by atoms with van der Waals surface area (Å²) >= 11 is 0. The number of hydrogen-bond donors (Lipinski definition) is 0. The fourth-order valence-corrected chi connectivity index (χ4v) is 5.00. The van der Waals surface area contributed by atoms with E-state index in [1.165, 1.54) is 18.4 Å². The average molecular weight is 454 g/mol. The average Bonchev–Trinajstić information content (AvgIpc) is 3.33. The zero-order valence-electron chi connectivity index (χ0n) is 19.7. The standard InChI is InChI=1S/C27H35NO5/c1-30-25-13-12-20(18-26(25)31-2)15-17-32-24-11-7-6-10-23(24)28-16-14-22(19-28)33-27(29)21-8-4-3-5-9-21/h3-5,8-9,12-13,18,22-24H,6-7,10-11,14-17,19H2,1-2H3/t22-,23-,24-/m1/s1. The molecule has 178 valence electrons. The molecule has 1 saturated carbocycles. The Morgan fingerprint density at radius 1 is 0.970 bits per heavy atom. The molecule has 0 N–H and O–H groups in total. The minimum Gasteiger partial charge on any atom is -0.493 e. The molecule has 0 spiro atoms. The van der Waals surface area contributed by atoms with E-state index in [1.54, 1.807) is 26.4 Å². The molecule has 1 aliphatic heterocycles. The van der Waals surface area contributed by atoms with Crippen molar-refractivity contribution in [3.63, 3.8) is 0 Å². The Hall–Kier alpha value is -2.57. The van der Waals surface area contributed by atoms with Gasteiger partial charge in [-0.15, -0.1) is 0 Å². The Labute approximate surface area is 196 Å². The van der Waals surface area contributed by atoms with Crippen LogP contribution in [0, 0.1) is 0 Å². The van der Waals surface area contributed by atoms with Gasteiger partial charge in [-0.3, -0.25) is 4.90 Å². The first-order chi connectivity index (χ1) is 16.2. The highest BCUT2D eigenvalue weighted by Gasteiger charge is 2.36. The van der Waals surface area contributed by atoms with Gasteiger partial charge in [0.15, 0.2) is 11.5 Å². The van der Waals surface area contributed by atoms with Crippen LogP contribution in [0.5, 0.6) is 11.5 Å². The second-order valence-electron chi connectivity index (χ2n) is 8.88. The lowest BCUT2D eigenvalue weighted by Crippen LogP contribution is -2.46. The molecular formula is C27H35NO5. The zero-order chi connectivity index (χ0) is 23.0. The highest BCUT2D eigenvalue weighted by Crippen LogP contribution is 2.30. The van der Waals surface area contributed by atoms with Gasteiger partial charge in [-0.2, -0.15) is 0 Å². The summed E-state index contributed by atoms with van der Waals surface area (Å²) < 4.78 is 22.9. The quantitative estimate of drug-likeness (QED) is 0.521. The third kappa shape index (κ3) is 6.06. The SMILES string of the molecule is COc1ccc(CCO[C@@H]2CCCC[C@H]2N2CC[C@@H](OC(=O)c3ccccc3)C2)cc1OC. The second kappa shape index (κ2) is 11.5. The number of methoxy groups -OCH3 is 2. The molecule has 2 aliphatic rings. The Balaban J connectivity index is 1.28. The highest BCUT2D eigenvalue weighted by molar-refractivity contribution is 5.89. The van der Waals surface area contributed by atoms with Crippen LogP contribution in [0.25, 0.3) is 0 Å². The number of benzene rings is 2. The maximum atomic E-state index is 12.4. The topological polar surface area (TPSA) is 57.2 Å². The summed E-state index contributed by atoms with van der Waals surface area (Å²) in [6, 6.07) is 15.7. The third-order valence-corrected chi connectivity index (χ3v) is 6.77. The van der Waals surface area contributed by atoms with Gasteiger partial charge in [0.2, 0.25) is 0 Å². The van der Waals surface area contributed by atoms with Crippen LogP contribution in [0.1, 0.15) is 48.0 Å². The highest BCUT2D eigenvalue weighted by atomic mass is 16.5. The van der Waals surface area contributed by atoms with Crippen molar-refractivity contribution in [2.24, 2.45) is 0 Å². The van der Waals surface area contributed by atoms with Gasteiger partial charge in [0.05, 0.1) is 32.5 Å². The lowest BCUT2D eigenvalue weighted by Gasteiger charge is -2.37. The largest absolute Gasteiger partial charge is 0.493 e. The summed E-state index contributed by atoms with van der Waals surface area (Å²) in [5.41, 5.74) is 1.79. The summed E-state index contributed by atoms with van der Waals surface area (Å²) in [6.45, 7) is 2.42. The van der Waals surface area contributed by atoms with Crippen LogP contribution >= 0.6 is 0 Å². The molecule has 33 heavy (non-hydrogen) atoms. The molecule has 0 amide bonds. The number of rotatable bonds is 9. The number of nitrogens with zero attached hydrogens (tertiary/aromatic N) is 1. The molecule has 2 aromatic carbocycles. The molecule has 0 bridgehead atoms. The van der Waals surface area contributed by atoms with Gasteiger partial charge in [-0.1, -0.05) is 37.1 Å². The van der Waals surface area contributed by atoms with Crippen LogP contribution in [0.4, 0.5) is 0 Å². The van der Waals surface area contributed by atoms with Gasteiger partial charge in [0.25, 0.3) is 0 Å². The molecular weight excluding hydrogens is 418 g/mol. The second-order valence-corrected chi connectivity index (χ2v) is 8.88. The zero-order valence-corrected chi connectivity index (χ0v) is 19.7. The fourth-order valence-electron chi connectivity index (χ4n) is 5.00. The van der Waals surface area contributed by atoms with E-state index in [4.69, 9.17) is 18.9 Å². The summed E-state index contributed by atoms with van der Waals surface area (Å²) in [5, 5.41) is 0. The van der Waals surface area contributed by atoms with E-state index in [-0.39, 0.29) is 18.2 Å². The van der Waals surface area contributed by atoms with Gasteiger partial charge in [-0.25, -0.2) is 4.79 Å². The predicted octanol–water partition coefficient (Wildman–Crippen LogP) is 4.51. The van der Waals surface area contributed by atoms with Crippen molar-refractivity contribution >= 4 is 5.97 Å². The molecule has 1 heterocycles. The first-order valence-electron chi connectivity index (χ1n) is 12.0. The third-order valence-electron chi connectivity index (χ3n) is 6.77. The van der Waals surface area contributed by atoms with Gasteiger partial charge in [-0.05, 0) is 55.5 Å². The first kappa shape index (κ1) is 23.6. The van der Waals surface area contributed by atoms with Crippen molar-refractivity contribution in [1.29, 1.82) is 0 Å². The van der Waals surface area contributed by atoms with E-state index in [0.717, 1.165) is 50.3 Å². The summed E-state index contributed by atoms with van der Waals surface area (Å²) in [5.74, 6) is 1.26. The minimum absolute atomic E-state index is 0.0490. The van der Waals surface area contributed by atoms with Crippen LogP contribution in [0.3, 0.4) is 0 Å². The fraction of sp³-hybridized carbons (Fsp3) is 0.519. The predicted molar refractivity (Wildman–Crippen MR) is 127 cm³/mol. The maximum Gasteiger partial charge on any atom is 0.338 e. The Bertz CT molecular complexity index is 903. The van der Waals surface area contributed by atoms with Crippen molar-refractivity contribution in [3.8, 4) is 11.5 Å². The van der Waals surface area contributed by atoms with Crippen molar-refractivity contribution in [3.05, 3.63) is 59.7 Å². The van der Waals surface area contributed by atoms with E-state index in [0.29, 0.717) is 18.2 Å². The van der Waals surface area contributed by atoms with E-state index in [1.807, 2.05) is 30.3 Å². The molecule has 0 aromatic heterocycles. The van der Waals surface area contributed by atoms with Crippen LogP contribution < -0.4 is 9.47 Å². The molecule has 6 heteroatoms. The number of ether oxygens (including phenoxy) is 4. The van der Waals surface area contributed by atoms with E-state index in [9.17, 15) is 4.79 Å². The normalized spacial score (nSPS) is 23.3. The number of carbonyl (C=O) groups excluding carboxylic acids is 1. The van der Waals surface area contributed by atoms with Crippen LogP contribution in [0.2, 0.25) is 0 Å². The monoisotopic (exact) mass is 453 g/mol. The molecule has 4 rings (SSSR count). The summed E-state index contributed by atoms with van der Waals surface area (Å²) in [7, 11) is 3.31. The maximum absolute atomic E-state index is 12.4. The van der Waals surface area contributed by atoms with Gasteiger partial charge >= 0.3 is 5.97 Å². The Kier molecular flexibility index (Phi) is 8.24. The Morgan fingerprint density at radius 2 is 1.76 bits per heavy atom. The molecule has 1 saturated heterocycles. The van der Waals surface area contributed by atoms with Crippen molar-refractivity contribution < 1.29 is 23.7 Å². The first-order valence-corrected chi connectivity index (χ1v) is 12.0. The molecule has 2 fully saturated rings. The molecule has 2 aromatic rings. The molecule has 6 nitrogen and oxygen atoms in total. The molecule has 0 radical (unpaired) electrons. The van der Waals surface area contributed by atoms with Crippen LogP contribution in [-0.4, -0.2) is 63.0 Å². The summed E-state index contributed by atoms with van der Waals surface area (Å²) in [4.78, 5) is 14.9. The minimum atomic E-state index is -0.228. The lowest BCUT2D eigenvalue weighted by atomic mass is 9.91. The van der Waals surface area contributed by atoms with Gasteiger partial charge in [0.1, 0.15) is 6.10 Å². The lowest BCUT2D eigenvalue weighted by molar-refractivity contribution is -0.0327. The van der Waals surface area contributed by atoms with E-state index >= 15 is 0 Å². The van der Waals surface area contributed by atoms with Gasteiger partial charge < -0.3 is 18.9 Å².